The van der Waals surface area contributed by atoms with Crippen molar-refractivity contribution in [1.29, 1.82) is 0 Å². The van der Waals surface area contributed by atoms with E-state index in [0.717, 1.165) is 36.1 Å². The van der Waals surface area contributed by atoms with E-state index in [1.807, 2.05) is 19.1 Å². The van der Waals surface area contributed by atoms with Gasteiger partial charge in [0.25, 0.3) is 0 Å². The molecule has 0 unspecified atom stereocenters. The summed E-state index contributed by atoms with van der Waals surface area (Å²) in [6, 6.07) is 8.11. The first-order valence-corrected chi connectivity index (χ1v) is 8.75. The van der Waals surface area contributed by atoms with Gasteiger partial charge >= 0.3 is 0 Å². The number of aliphatic imine (C=N–C) groups is 1. The lowest BCUT2D eigenvalue weighted by molar-refractivity contribution is 0.857. The molecular weight excluding hydrogens is 312 g/mol. The van der Waals surface area contributed by atoms with Gasteiger partial charge in [-0.3, -0.25) is 0 Å². The predicted molar refractivity (Wildman–Crippen MR) is 103 cm³/mol. The highest BCUT2D eigenvalue weighted by molar-refractivity contribution is 5.92. The number of nitrogens with one attached hydrogen (secondary N) is 1. The second-order valence-electron chi connectivity index (χ2n) is 6.62. The highest BCUT2D eigenvalue weighted by Crippen LogP contribution is 2.17. The van der Waals surface area contributed by atoms with E-state index >= 15 is 0 Å². The molecule has 1 aliphatic heterocycles. The number of guanidine groups is 1. The van der Waals surface area contributed by atoms with Crippen molar-refractivity contribution < 1.29 is 0 Å². The van der Waals surface area contributed by atoms with Crippen molar-refractivity contribution in [3.05, 3.63) is 46.8 Å². The third-order valence-electron chi connectivity index (χ3n) is 4.48. The van der Waals surface area contributed by atoms with E-state index in [2.05, 4.69) is 51.2 Å². The minimum absolute atomic E-state index is 0.391. The summed E-state index contributed by atoms with van der Waals surface area (Å²) in [6.45, 7) is 8.66. The molecule has 1 aromatic carbocycles. The lowest BCUT2D eigenvalue weighted by Gasteiger charge is -2.16. The lowest BCUT2D eigenvalue weighted by atomic mass is 10.1. The zero-order valence-electron chi connectivity index (χ0n) is 15.2. The summed E-state index contributed by atoms with van der Waals surface area (Å²) < 4.78 is 0. The van der Waals surface area contributed by atoms with E-state index in [1.165, 1.54) is 24.0 Å². The minimum Gasteiger partial charge on any atom is -0.370 e. The largest absolute Gasteiger partial charge is 0.370 e. The van der Waals surface area contributed by atoms with Crippen LogP contribution in [0.2, 0.25) is 0 Å². The van der Waals surface area contributed by atoms with Crippen LogP contribution in [-0.2, 0) is 6.54 Å². The Morgan fingerprint density at radius 2 is 1.88 bits per heavy atom. The van der Waals surface area contributed by atoms with Gasteiger partial charge in [-0.15, -0.1) is 0 Å². The summed E-state index contributed by atoms with van der Waals surface area (Å²) in [4.78, 5) is 15.9. The number of hydrogen-bond donors (Lipinski definition) is 2. The van der Waals surface area contributed by atoms with E-state index < -0.39 is 0 Å². The summed E-state index contributed by atoms with van der Waals surface area (Å²) in [5.74, 6) is 1.20. The van der Waals surface area contributed by atoms with Crippen LogP contribution in [0.1, 0.15) is 35.4 Å². The lowest BCUT2D eigenvalue weighted by Crippen LogP contribution is -2.23. The third kappa shape index (κ3) is 4.47. The molecule has 1 aromatic heterocycles. The molecular formula is C19H26N6. The Morgan fingerprint density at radius 3 is 2.60 bits per heavy atom. The van der Waals surface area contributed by atoms with Gasteiger partial charge in [-0.05, 0) is 62.9 Å². The fourth-order valence-electron chi connectivity index (χ4n) is 2.93. The van der Waals surface area contributed by atoms with Crippen LogP contribution in [0, 0.1) is 20.8 Å². The van der Waals surface area contributed by atoms with Gasteiger partial charge in [0.05, 0.1) is 12.2 Å². The quantitative estimate of drug-likeness (QED) is 0.662. The van der Waals surface area contributed by atoms with Crippen LogP contribution in [-0.4, -0.2) is 29.0 Å². The van der Waals surface area contributed by atoms with Crippen molar-refractivity contribution in [3.63, 3.8) is 0 Å². The van der Waals surface area contributed by atoms with Crippen LogP contribution in [0.4, 0.5) is 11.6 Å². The maximum atomic E-state index is 6.03. The molecule has 25 heavy (non-hydrogen) atoms. The highest BCUT2D eigenvalue weighted by atomic mass is 15.3. The molecule has 2 heterocycles. The second-order valence-corrected chi connectivity index (χ2v) is 6.62. The summed E-state index contributed by atoms with van der Waals surface area (Å²) >= 11 is 0. The summed E-state index contributed by atoms with van der Waals surface area (Å²) in [7, 11) is 0. The van der Waals surface area contributed by atoms with E-state index in [-0.39, 0.29) is 0 Å². The van der Waals surface area contributed by atoms with Crippen molar-refractivity contribution in [2.24, 2.45) is 10.7 Å². The van der Waals surface area contributed by atoms with Crippen LogP contribution in [0.3, 0.4) is 0 Å². The Morgan fingerprint density at radius 1 is 1.12 bits per heavy atom. The normalized spacial score (nSPS) is 14.8. The zero-order valence-corrected chi connectivity index (χ0v) is 15.2. The Bertz CT molecular complexity index is 777. The van der Waals surface area contributed by atoms with Crippen LogP contribution < -0.4 is 16.0 Å². The van der Waals surface area contributed by atoms with Gasteiger partial charge in [-0.1, -0.05) is 6.07 Å². The standard InChI is InChI=1S/C19H26N6/c1-13-6-7-16(10-14(13)2)23-18(20)21-12-17-11-15(3)22-19(24-17)25-8-4-5-9-25/h6-7,10-11H,4-5,8-9,12H2,1-3H3,(H3,20,21,23). The number of rotatable bonds is 4. The van der Waals surface area contributed by atoms with E-state index in [9.17, 15) is 0 Å². The molecule has 0 bridgehead atoms. The fourth-order valence-corrected chi connectivity index (χ4v) is 2.93. The molecule has 0 saturated carbocycles. The Labute approximate surface area is 149 Å². The van der Waals surface area contributed by atoms with Crippen LogP contribution in [0.5, 0.6) is 0 Å². The van der Waals surface area contributed by atoms with Crippen molar-refractivity contribution in [2.45, 2.75) is 40.2 Å². The van der Waals surface area contributed by atoms with Crippen molar-refractivity contribution in [2.75, 3.05) is 23.3 Å². The molecule has 1 aliphatic rings. The van der Waals surface area contributed by atoms with E-state index in [4.69, 9.17) is 5.73 Å². The van der Waals surface area contributed by atoms with Crippen molar-refractivity contribution in [3.8, 4) is 0 Å². The maximum absolute atomic E-state index is 6.03. The Kier molecular flexibility index (Phi) is 5.16. The van der Waals surface area contributed by atoms with Crippen molar-refractivity contribution >= 4 is 17.6 Å². The smallest absolute Gasteiger partial charge is 0.225 e. The average Bonchev–Trinajstić information content (AvgIpc) is 3.10. The SMILES string of the molecule is Cc1cc(CN=C(N)Nc2ccc(C)c(C)c2)nc(N2CCCC2)n1. The molecule has 2 aromatic rings. The Hall–Kier alpha value is -2.63. The van der Waals surface area contributed by atoms with Gasteiger partial charge in [0, 0.05) is 24.5 Å². The number of nitrogens with zero attached hydrogens (tertiary/aromatic N) is 4. The topological polar surface area (TPSA) is 79.4 Å². The molecule has 1 saturated heterocycles. The van der Waals surface area contributed by atoms with Crippen LogP contribution in [0.25, 0.3) is 0 Å². The number of aryl methyl sites for hydroxylation is 3. The van der Waals surface area contributed by atoms with Crippen LogP contribution >= 0.6 is 0 Å². The molecule has 0 atom stereocenters. The first-order chi connectivity index (χ1) is 12.0. The number of aromatic nitrogens is 2. The maximum Gasteiger partial charge on any atom is 0.225 e. The van der Waals surface area contributed by atoms with Gasteiger partial charge in [0.1, 0.15) is 0 Å². The summed E-state index contributed by atoms with van der Waals surface area (Å²) in [5, 5.41) is 3.14. The molecule has 0 amide bonds. The van der Waals surface area contributed by atoms with Crippen molar-refractivity contribution in [1.82, 2.24) is 9.97 Å². The fraction of sp³-hybridized carbons (Fsp3) is 0.421. The van der Waals surface area contributed by atoms with Gasteiger partial charge in [-0.25, -0.2) is 15.0 Å². The number of anilines is 2. The molecule has 3 N–H and O–H groups in total. The van der Waals surface area contributed by atoms with Gasteiger partial charge < -0.3 is 16.0 Å². The number of nitrogens with two attached hydrogens (primary N) is 1. The molecule has 0 aliphatic carbocycles. The molecule has 6 heteroatoms. The third-order valence-corrected chi connectivity index (χ3v) is 4.48. The molecule has 0 radical (unpaired) electrons. The first-order valence-electron chi connectivity index (χ1n) is 8.75. The van der Waals surface area contributed by atoms with Crippen LogP contribution in [0.15, 0.2) is 29.3 Å². The average molecular weight is 338 g/mol. The summed E-state index contributed by atoms with van der Waals surface area (Å²) in [5.41, 5.74) is 11.3. The van der Waals surface area contributed by atoms with E-state index in [1.54, 1.807) is 0 Å². The second kappa shape index (κ2) is 7.51. The number of benzene rings is 1. The molecule has 6 nitrogen and oxygen atoms in total. The molecule has 3 rings (SSSR count). The Balaban J connectivity index is 1.68. The van der Waals surface area contributed by atoms with E-state index in [0.29, 0.717) is 12.5 Å². The van der Waals surface area contributed by atoms with Gasteiger partial charge in [0.15, 0.2) is 5.96 Å². The highest BCUT2D eigenvalue weighted by Gasteiger charge is 2.15. The van der Waals surface area contributed by atoms with Gasteiger partial charge in [0.2, 0.25) is 5.95 Å². The molecule has 0 spiro atoms. The summed E-state index contributed by atoms with van der Waals surface area (Å²) in [6.07, 6.45) is 2.41. The first kappa shape index (κ1) is 17.2. The minimum atomic E-state index is 0.391. The molecule has 1 fully saturated rings. The monoisotopic (exact) mass is 338 g/mol. The zero-order chi connectivity index (χ0) is 17.8. The predicted octanol–water partition coefficient (Wildman–Crippen LogP) is 2.93. The number of hydrogen-bond acceptors (Lipinski definition) is 4. The van der Waals surface area contributed by atoms with Gasteiger partial charge in [-0.2, -0.15) is 0 Å². The molecule has 132 valence electrons.